The van der Waals surface area contributed by atoms with Gasteiger partial charge in [-0.2, -0.15) is 0 Å². The highest BCUT2D eigenvalue weighted by molar-refractivity contribution is 6.05. The molecule has 10 aromatic carbocycles. The summed E-state index contributed by atoms with van der Waals surface area (Å²) >= 11 is 0. The van der Waals surface area contributed by atoms with Crippen molar-refractivity contribution in [1.29, 1.82) is 0 Å². The van der Waals surface area contributed by atoms with E-state index in [0.29, 0.717) is 0 Å². The number of nitrogens with zero attached hydrogens (tertiary/aromatic N) is 1. The SMILES string of the molecule is CC1(C)c2ccccc2-c2ccc(N(c3cccc(-c4ccccc4)c3)c3cccc(-c4ccccc4)c3-c3cccc4c3-c3ccccc3C4(c3ccccc3)c3ccccc3)cc21. The molecule has 0 bridgehead atoms. The first kappa shape index (κ1) is 38.7. The van der Waals surface area contributed by atoms with Crippen molar-refractivity contribution in [2.75, 3.05) is 4.90 Å². The monoisotopic (exact) mass is 829 g/mol. The molecule has 0 aromatic heterocycles. The van der Waals surface area contributed by atoms with Crippen LogP contribution in [0.4, 0.5) is 17.1 Å². The van der Waals surface area contributed by atoms with Gasteiger partial charge in [-0.05, 0) is 114 Å². The molecule has 65 heavy (non-hydrogen) atoms. The van der Waals surface area contributed by atoms with Gasteiger partial charge in [-0.15, -0.1) is 0 Å². The Hall–Kier alpha value is -8.00. The molecule has 0 atom stereocenters. The molecule has 0 spiro atoms. The second-order valence-corrected chi connectivity index (χ2v) is 18.0. The molecule has 12 rings (SSSR count). The number of hydrogen-bond acceptors (Lipinski definition) is 1. The highest BCUT2D eigenvalue weighted by Crippen LogP contribution is 2.60. The van der Waals surface area contributed by atoms with Crippen LogP contribution in [0.15, 0.2) is 249 Å². The van der Waals surface area contributed by atoms with Crippen LogP contribution in [0.5, 0.6) is 0 Å². The molecule has 0 fully saturated rings. The van der Waals surface area contributed by atoms with Crippen molar-refractivity contribution in [3.05, 3.63) is 282 Å². The topological polar surface area (TPSA) is 3.24 Å². The van der Waals surface area contributed by atoms with Gasteiger partial charge in [0.15, 0.2) is 0 Å². The van der Waals surface area contributed by atoms with Gasteiger partial charge in [0.05, 0.1) is 11.1 Å². The fourth-order valence-corrected chi connectivity index (χ4v) is 11.3. The highest BCUT2D eigenvalue weighted by Gasteiger charge is 2.47. The van der Waals surface area contributed by atoms with Crippen molar-refractivity contribution in [3.63, 3.8) is 0 Å². The van der Waals surface area contributed by atoms with Gasteiger partial charge in [0, 0.05) is 22.4 Å². The van der Waals surface area contributed by atoms with Crippen molar-refractivity contribution < 1.29 is 0 Å². The van der Waals surface area contributed by atoms with Crippen LogP contribution in [0.2, 0.25) is 0 Å². The summed E-state index contributed by atoms with van der Waals surface area (Å²) < 4.78 is 0. The van der Waals surface area contributed by atoms with Crippen LogP contribution in [0.25, 0.3) is 55.6 Å². The standard InChI is InChI=1S/C64H47N/c1-63(2)56-36-17-15-32-52(56)53-41-40-50(43-59(53)63)65(49-31-19-26-46(42-49)44-22-7-3-8-23-44)60-39-21-34-51(45-24-9-4-10-25-45)62(60)55-35-20-38-58-61(55)54-33-16-18-37-57(54)64(58,47-27-11-5-12-28-47)48-29-13-6-14-30-48/h3-43H,1-2H3. The van der Waals surface area contributed by atoms with E-state index in [1.807, 2.05) is 0 Å². The average Bonchev–Trinajstić information content (AvgIpc) is 3.81. The van der Waals surface area contributed by atoms with Crippen LogP contribution in [0.3, 0.4) is 0 Å². The molecular weight excluding hydrogens is 783 g/mol. The zero-order valence-electron chi connectivity index (χ0n) is 36.6. The van der Waals surface area contributed by atoms with Crippen molar-refractivity contribution in [3.8, 4) is 55.6 Å². The van der Waals surface area contributed by atoms with Gasteiger partial charge in [0.25, 0.3) is 0 Å². The Balaban J connectivity index is 1.18. The Labute approximate surface area is 382 Å². The summed E-state index contributed by atoms with van der Waals surface area (Å²) in [6.07, 6.45) is 0. The maximum absolute atomic E-state index is 2.52. The van der Waals surface area contributed by atoms with Gasteiger partial charge in [0.1, 0.15) is 0 Å². The molecule has 308 valence electrons. The minimum atomic E-state index is -0.531. The molecule has 0 radical (unpaired) electrons. The van der Waals surface area contributed by atoms with E-state index < -0.39 is 5.41 Å². The lowest BCUT2D eigenvalue weighted by molar-refractivity contribution is 0.660. The average molecular weight is 830 g/mol. The normalized spacial score (nSPS) is 13.6. The van der Waals surface area contributed by atoms with Crippen LogP contribution in [-0.4, -0.2) is 0 Å². The van der Waals surface area contributed by atoms with Crippen molar-refractivity contribution >= 4 is 17.1 Å². The first-order valence-corrected chi connectivity index (χ1v) is 22.8. The number of anilines is 3. The smallest absolute Gasteiger partial charge is 0.0713 e. The summed E-state index contributed by atoms with van der Waals surface area (Å²) in [6.45, 7) is 4.75. The summed E-state index contributed by atoms with van der Waals surface area (Å²) in [6, 6.07) is 92.2. The molecule has 2 aliphatic rings. The minimum absolute atomic E-state index is 0.170. The molecule has 0 aliphatic heterocycles. The van der Waals surface area contributed by atoms with Crippen molar-refractivity contribution in [2.24, 2.45) is 0 Å². The van der Waals surface area contributed by atoms with E-state index >= 15 is 0 Å². The molecule has 0 saturated carbocycles. The Morgan fingerprint density at radius 2 is 0.785 bits per heavy atom. The summed E-state index contributed by atoms with van der Waals surface area (Å²) in [5, 5.41) is 0. The van der Waals surface area contributed by atoms with Gasteiger partial charge in [-0.1, -0.05) is 232 Å². The quantitative estimate of drug-likeness (QED) is 0.147. The summed E-state index contributed by atoms with van der Waals surface area (Å²) in [4.78, 5) is 2.52. The molecular formula is C64H47N. The zero-order valence-corrected chi connectivity index (χ0v) is 36.6. The number of benzene rings is 10. The molecule has 0 N–H and O–H groups in total. The Kier molecular flexibility index (Phi) is 9.14. The van der Waals surface area contributed by atoms with E-state index in [9.17, 15) is 0 Å². The largest absolute Gasteiger partial charge is 0.310 e. The second-order valence-electron chi connectivity index (χ2n) is 18.0. The molecule has 1 heteroatoms. The number of rotatable bonds is 8. The lowest BCUT2D eigenvalue weighted by Crippen LogP contribution is -2.28. The lowest BCUT2D eigenvalue weighted by atomic mass is 9.67. The number of hydrogen-bond donors (Lipinski definition) is 0. The van der Waals surface area contributed by atoms with E-state index in [0.717, 1.165) is 17.1 Å². The van der Waals surface area contributed by atoms with Gasteiger partial charge in [0.2, 0.25) is 0 Å². The molecule has 0 unspecified atom stereocenters. The summed E-state index contributed by atoms with van der Waals surface area (Å²) in [7, 11) is 0. The lowest BCUT2D eigenvalue weighted by Gasteiger charge is -2.34. The predicted molar refractivity (Wildman–Crippen MR) is 272 cm³/mol. The van der Waals surface area contributed by atoms with E-state index in [-0.39, 0.29) is 5.41 Å². The van der Waals surface area contributed by atoms with Crippen LogP contribution >= 0.6 is 0 Å². The van der Waals surface area contributed by atoms with Crippen molar-refractivity contribution in [2.45, 2.75) is 24.7 Å². The first-order valence-electron chi connectivity index (χ1n) is 22.8. The molecule has 2 aliphatic carbocycles. The molecule has 0 heterocycles. The van der Waals surface area contributed by atoms with Crippen LogP contribution in [-0.2, 0) is 10.8 Å². The Morgan fingerprint density at radius 1 is 0.292 bits per heavy atom. The van der Waals surface area contributed by atoms with Crippen LogP contribution in [0.1, 0.15) is 47.2 Å². The fraction of sp³-hybridized carbons (Fsp3) is 0.0625. The zero-order chi connectivity index (χ0) is 43.5. The Bertz CT molecular complexity index is 3350. The third kappa shape index (κ3) is 6.00. The van der Waals surface area contributed by atoms with Gasteiger partial charge in [-0.3, -0.25) is 0 Å². The van der Waals surface area contributed by atoms with E-state index in [1.165, 1.54) is 89.0 Å². The molecule has 10 aromatic rings. The van der Waals surface area contributed by atoms with E-state index in [1.54, 1.807) is 0 Å². The number of fused-ring (bicyclic) bond motifs is 6. The second kappa shape index (κ2) is 15.4. The first-order chi connectivity index (χ1) is 32.0. The van der Waals surface area contributed by atoms with E-state index in [4.69, 9.17) is 0 Å². The van der Waals surface area contributed by atoms with Crippen LogP contribution < -0.4 is 4.90 Å². The fourth-order valence-electron chi connectivity index (χ4n) is 11.3. The van der Waals surface area contributed by atoms with Gasteiger partial charge in [-0.25, -0.2) is 0 Å². The highest BCUT2D eigenvalue weighted by atomic mass is 15.1. The maximum atomic E-state index is 2.52. The Morgan fingerprint density at radius 3 is 1.49 bits per heavy atom. The molecule has 0 amide bonds. The third-order valence-corrected chi connectivity index (χ3v) is 14.2. The van der Waals surface area contributed by atoms with Crippen molar-refractivity contribution in [1.82, 2.24) is 0 Å². The third-order valence-electron chi connectivity index (χ3n) is 14.2. The molecule has 1 nitrogen and oxygen atoms in total. The predicted octanol–water partition coefficient (Wildman–Crippen LogP) is 16.8. The molecule has 0 saturated heterocycles. The van der Waals surface area contributed by atoms with Gasteiger partial charge < -0.3 is 4.90 Å². The van der Waals surface area contributed by atoms with E-state index in [2.05, 4.69) is 267 Å². The summed E-state index contributed by atoms with van der Waals surface area (Å²) in [5.41, 5.74) is 22.7. The summed E-state index contributed by atoms with van der Waals surface area (Å²) in [5.74, 6) is 0. The van der Waals surface area contributed by atoms with Gasteiger partial charge >= 0.3 is 0 Å². The minimum Gasteiger partial charge on any atom is -0.310 e. The maximum Gasteiger partial charge on any atom is 0.0713 e. The van der Waals surface area contributed by atoms with Crippen LogP contribution in [0, 0.1) is 0 Å².